The molecular formula is C17H21N3O6. The first-order valence-electron chi connectivity index (χ1n) is 8.13. The van der Waals surface area contributed by atoms with Crippen LogP contribution in [-0.2, 0) is 19.1 Å². The summed E-state index contributed by atoms with van der Waals surface area (Å²) in [5.41, 5.74) is 0.519. The predicted octanol–water partition coefficient (Wildman–Crippen LogP) is 0.942. The molecule has 0 aromatic heterocycles. The summed E-state index contributed by atoms with van der Waals surface area (Å²) in [5.74, 6) is -1.59. The highest BCUT2D eigenvalue weighted by Gasteiger charge is 2.31. The molecule has 0 spiro atoms. The summed E-state index contributed by atoms with van der Waals surface area (Å²) in [6.45, 7) is 4.80. The summed E-state index contributed by atoms with van der Waals surface area (Å²) >= 11 is 0. The van der Waals surface area contributed by atoms with Crippen LogP contribution in [0.2, 0.25) is 0 Å². The van der Waals surface area contributed by atoms with Crippen molar-refractivity contribution >= 4 is 29.5 Å². The zero-order valence-electron chi connectivity index (χ0n) is 14.7. The number of rotatable bonds is 5. The zero-order chi connectivity index (χ0) is 19.3. The molecule has 4 amide bonds. The molecule has 0 unspecified atom stereocenters. The molecule has 0 bridgehead atoms. The quantitative estimate of drug-likeness (QED) is 0.669. The first-order chi connectivity index (χ1) is 12.3. The van der Waals surface area contributed by atoms with Crippen molar-refractivity contribution in [3.8, 4) is 5.75 Å². The van der Waals surface area contributed by atoms with Crippen LogP contribution in [0.25, 0.3) is 0 Å². The highest BCUT2D eigenvalue weighted by atomic mass is 16.6. The number of carbonyl (C=O) groups excluding carboxylic acids is 4. The number of imide groups is 1. The molecule has 0 fully saturated rings. The van der Waals surface area contributed by atoms with Gasteiger partial charge in [0, 0.05) is 6.04 Å². The molecular weight excluding hydrogens is 342 g/mol. The molecule has 0 saturated carbocycles. The standard InChI is InChI=1S/C17H21N3O6/c1-9(2)18-17(24)20-15(22)10(3)25-14(21)8-13-16(23)19-11-6-4-5-7-12(11)26-13/h4-7,9-10,13H,8H2,1-3H3,(H,19,23)(H2,18,20,22,24)/t10-,13-/m0/s1. The Bertz CT molecular complexity index is 718. The highest BCUT2D eigenvalue weighted by Crippen LogP contribution is 2.29. The molecule has 0 aliphatic carbocycles. The Kier molecular flexibility index (Phi) is 6.16. The Morgan fingerprint density at radius 1 is 1.23 bits per heavy atom. The summed E-state index contributed by atoms with van der Waals surface area (Å²) in [4.78, 5) is 47.3. The van der Waals surface area contributed by atoms with Gasteiger partial charge in [-0.05, 0) is 32.9 Å². The molecule has 1 aliphatic rings. The Hall–Kier alpha value is -3.10. The van der Waals surface area contributed by atoms with Crippen molar-refractivity contribution in [3.63, 3.8) is 0 Å². The van der Waals surface area contributed by atoms with Gasteiger partial charge < -0.3 is 20.1 Å². The average molecular weight is 363 g/mol. The van der Waals surface area contributed by atoms with Crippen molar-refractivity contribution in [1.82, 2.24) is 10.6 Å². The second kappa shape index (κ2) is 8.32. The second-order valence-electron chi connectivity index (χ2n) is 6.05. The number of urea groups is 1. The largest absolute Gasteiger partial charge is 0.478 e. The minimum absolute atomic E-state index is 0.148. The van der Waals surface area contributed by atoms with E-state index in [1.165, 1.54) is 6.92 Å². The maximum Gasteiger partial charge on any atom is 0.321 e. The molecule has 1 aromatic rings. The number of para-hydroxylation sites is 2. The molecule has 140 valence electrons. The fourth-order valence-electron chi connectivity index (χ4n) is 2.19. The van der Waals surface area contributed by atoms with Crippen LogP contribution in [0.3, 0.4) is 0 Å². The van der Waals surface area contributed by atoms with Gasteiger partial charge in [-0.1, -0.05) is 12.1 Å². The van der Waals surface area contributed by atoms with Gasteiger partial charge in [-0.3, -0.25) is 19.7 Å². The fourth-order valence-corrected chi connectivity index (χ4v) is 2.19. The van der Waals surface area contributed by atoms with Crippen LogP contribution >= 0.6 is 0 Å². The lowest BCUT2D eigenvalue weighted by Crippen LogP contribution is -2.47. The van der Waals surface area contributed by atoms with Crippen molar-refractivity contribution in [2.45, 2.75) is 45.4 Å². The molecule has 9 heteroatoms. The smallest absolute Gasteiger partial charge is 0.321 e. The summed E-state index contributed by atoms with van der Waals surface area (Å²) in [7, 11) is 0. The van der Waals surface area contributed by atoms with Gasteiger partial charge in [-0.2, -0.15) is 0 Å². The number of fused-ring (bicyclic) bond motifs is 1. The van der Waals surface area contributed by atoms with Crippen molar-refractivity contribution in [2.24, 2.45) is 0 Å². The molecule has 3 N–H and O–H groups in total. The number of esters is 1. The molecule has 2 rings (SSSR count). The van der Waals surface area contributed by atoms with E-state index in [-0.39, 0.29) is 12.5 Å². The number of anilines is 1. The maximum atomic E-state index is 12.0. The number of hydrogen-bond donors (Lipinski definition) is 3. The number of nitrogens with one attached hydrogen (secondary N) is 3. The number of carbonyl (C=O) groups is 4. The third-order valence-electron chi connectivity index (χ3n) is 3.39. The molecule has 1 aromatic carbocycles. The molecule has 9 nitrogen and oxygen atoms in total. The molecule has 0 radical (unpaired) electrons. The maximum absolute atomic E-state index is 12.0. The van der Waals surface area contributed by atoms with E-state index in [4.69, 9.17) is 9.47 Å². The number of hydrogen-bond acceptors (Lipinski definition) is 6. The lowest BCUT2D eigenvalue weighted by molar-refractivity contribution is -0.157. The summed E-state index contributed by atoms with van der Waals surface area (Å²) in [5, 5.41) is 7.18. The lowest BCUT2D eigenvalue weighted by Gasteiger charge is -2.25. The van der Waals surface area contributed by atoms with E-state index in [0.717, 1.165) is 0 Å². The summed E-state index contributed by atoms with van der Waals surface area (Å²) in [6, 6.07) is 5.99. The van der Waals surface area contributed by atoms with E-state index in [2.05, 4.69) is 16.0 Å². The monoisotopic (exact) mass is 363 g/mol. The third-order valence-corrected chi connectivity index (χ3v) is 3.39. The van der Waals surface area contributed by atoms with E-state index >= 15 is 0 Å². The molecule has 1 aliphatic heterocycles. The lowest BCUT2D eigenvalue weighted by atomic mass is 10.1. The van der Waals surface area contributed by atoms with Gasteiger partial charge in [0.1, 0.15) is 5.75 Å². The van der Waals surface area contributed by atoms with E-state index in [0.29, 0.717) is 11.4 Å². The van der Waals surface area contributed by atoms with Gasteiger partial charge in [0.2, 0.25) is 0 Å². The molecule has 1 heterocycles. The number of ether oxygens (including phenoxy) is 2. The second-order valence-corrected chi connectivity index (χ2v) is 6.05. The van der Waals surface area contributed by atoms with Crippen LogP contribution in [0.1, 0.15) is 27.2 Å². The van der Waals surface area contributed by atoms with Crippen molar-refractivity contribution < 1.29 is 28.7 Å². The van der Waals surface area contributed by atoms with Crippen LogP contribution < -0.4 is 20.7 Å². The van der Waals surface area contributed by atoms with Gasteiger partial charge in [-0.15, -0.1) is 0 Å². The summed E-state index contributed by atoms with van der Waals surface area (Å²) < 4.78 is 10.5. The van der Waals surface area contributed by atoms with Gasteiger partial charge in [0.05, 0.1) is 12.1 Å². The molecule has 0 saturated heterocycles. The van der Waals surface area contributed by atoms with Crippen molar-refractivity contribution in [3.05, 3.63) is 24.3 Å². The van der Waals surface area contributed by atoms with Crippen LogP contribution in [-0.4, -0.2) is 42.1 Å². The third kappa shape index (κ3) is 5.20. The van der Waals surface area contributed by atoms with E-state index in [1.807, 2.05) is 0 Å². The number of amides is 4. The van der Waals surface area contributed by atoms with Crippen LogP contribution in [0.15, 0.2) is 24.3 Å². The number of benzene rings is 1. The van der Waals surface area contributed by atoms with Crippen molar-refractivity contribution in [1.29, 1.82) is 0 Å². The van der Waals surface area contributed by atoms with E-state index in [1.54, 1.807) is 38.1 Å². The molecule has 26 heavy (non-hydrogen) atoms. The minimum atomic E-state index is -1.20. The Labute approximate surface area is 150 Å². The minimum Gasteiger partial charge on any atom is -0.478 e. The predicted molar refractivity (Wildman–Crippen MR) is 91.5 cm³/mol. The SMILES string of the molecule is CC(C)NC(=O)NC(=O)[C@H](C)OC(=O)C[C@@H]1Oc2ccccc2NC1=O. The van der Waals surface area contributed by atoms with Gasteiger partial charge in [0.15, 0.2) is 12.2 Å². The zero-order valence-corrected chi connectivity index (χ0v) is 14.7. The average Bonchev–Trinajstić information content (AvgIpc) is 2.54. The van der Waals surface area contributed by atoms with Crippen LogP contribution in [0, 0.1) is 0 Å². The Morgan fingerprint density at radius 3 is 2.62 bits per heavy atom. The normalized spacial score (nSPS) is 16.6. The topological polar surface area (TPSA) is 123 Å². The first kappa shape index (κ1) is 19.2. The van der Waals surface area contributed by atoms with E-state index in [9.17, 15) is 19.2 Å². The Morgan fingerprint density at radius 2 is 1.92 bits per heavy atom. The Balaban J connectivity index is 1.85. The highest BCUT2D eigenvalue weighted by molar-refractivity contribution is 6.00. The fraction of sp³-hybridized carbons (Fsp3) is 0.412. The van der Waals surface area contributed by atoms with Gasteiger partial charge >= 0.3 is 12.0 Å². The van der Waals surface area contributed by atoms with Gasteiger partial charge in [0.25, 0.3) is 11.8 Å². The van der Waals surface area contributed by atoms with Crippen molar-refractivity contribution in [2.75, 3.05) is 5.32 Å². The first-order valence-corrected chi connectivity index (χ1v) is 8.13. The van der Waals surface area contributed by atoms with Crippen LogP contribution in [0.5, 0.6) is 5.75 Å². The summed E-state index contributed by atoms with van der Waals surface area (Å²) in [6.07, 6.45) is -2.62. The van der Waals surface area contributed by atoms with Gasteiger partial charge in [-0.25, -0.2) is 4.79 Å². The van der Waals surface area contributed by atoms with E-state index < -0.39 is 36.0 Å². The van der Waals surface area contributed by atoms with Crippen LogP contribution in [0.4, 0.5) is 10.5 Å². The molecule has 2 atom stereocenters.